The molecule has 3 rings (SSSR count). The van der Waals surface area contributed by atoms with Crippen LogP contribution >= 0.6 is 11.3 Å². The van der Waals surface area contributed by atoms with Gasteiger partial charge in [0.25, 0.3) is 5.91 Å². The first-order valence-corrected chi connectivity index (χ1v) is 8.68. The first kappa shape index (κ1) is 15.4. The molecule has 5 heteroatoms. The molecule has 0 radical (unpaired) electrons. The van der Waals surface area contributed by atoms with E-state index in [0.29, 0.717) is 6.61 Å². The molecule has 22 heavy (non-hydrogen) atoms. The molecule has 0 unspecified atom stereocenters. The highest BCUT2D eigenvalue weighted by Crippen LogP contribution is 2.26. The summed E-state index contributed by atoms with van der Waals surface area (Å²) in [5.74, 6) is 0.176. The molecule has 1 aliphatic rings. The van der Waals surface area contributed by atoms with Gasteiger partial charge >= 0.3 is 0 Å². The monoisotopic (exact) mass is 318 g/mol. The number of methoxy groups -OCH3 is 1. The summed E-state index contributed by atoms with van der Waals surface area (Å²) in [7, 11) is 1.69. The van der Waals surface area contributed by atoms with Gasteiger partial charge in [0.15, 0.2) is 4.80 Å². The van der Waals surface area contributed by atoms with Crippen LogP contribution < -0.4 is 4.80 Å². The summed E-state index contributed by atoms with van der Waals surface area (Å²) in [6, 6.07) is 6.36. The molecule has 0 saturated heterocycles. The lowest BCUT2D eigenvalue weighted by Crippen LogP contribution is -2.21. The maximum Gasteiger partial charge on any atom is 0.251 e. The number of amides is 1. The van der Waals surface area contributed by atoms with Crippen LogP contribution in [0.25, 0.3) is 10.2 Å². The van der Waals surface area contributed by atoms with E-state index in [2.05, 4.69) is 34.7 Å². The minimum atomic E-state index is 0.0481. The number of fused-ring (bicyclic) bond motifs is 1. The van der Waals surface area contributed by atoms with Crippen LogP contribution in [0.5, 0.6) is 0 Å². The van der Waals surface area contributed by atoms with Crippen molar-refractivity contribution in [1.29, 1.82) is 0 Å². The molecule has 1 aliphatic carbocycles. The zero-order chi connectivity index (χ0) is 15.5. The second kappa shape index (κ2) is 6.75. The van der Waals surface area contributed by atoms with Gasteiger partial charge in [0, 0.05) is 19.6 Å². The average molecular weight is 318 g/mol. The summed E-state index contributed by atoms with van der Waals surface area (Å²) in [5.41, 5.74) is 2.35. The van der Waals surface area contributed by atoms with Gasteiger partial charge < -0.3 is 9.30 Å². The van der Waals surface area contributed by atoms with Crippen LogP contribution in [0.1, 0.15) is 31.2 Å². The Morgan fingerprint density at radius 2 is 2.18 bits per heavy atom. The Morgan fingerprint density at radius 3 is 2.91 bits per heavy atom. The number of ether oxygens (including phenoxy) is 1. The molecule has 1 fully saturated rings. The summed E-state index contributed by atoms with van der Waals surface area (Å²) < 4.78 is 8.49. The van der Waals surface area contributed by atoms with Gasteiger partial charge in [-0.05, 0) is 37.5 Å². The highest BCUT2D eigenvalue weighted by Gasteiger charge is 2.22. The minimum absolute atomic E-state index is 0.0481. The van der Waals surface area contributed by atoms with E-state index in [9.17, 15) is 4.79 Å². The van der Waals surface area contributed by atoms with E-state index in [1.165, 1.54) is 10.3 Å². The number of hydrogen-bond acceptors (Lipinski definition) is 3. The number of nitrogens with zero attached hydrogens (tertiary/aromatic N) is 2. The van der Waals surface area contributed by atoms with Crippen molar-refractivity contribution in [2.75, 3.05) is 13.7 Å². The van der Waals surface area contributed by atoms with Gasteiger partial charge in [0.2, 0.25) is 0 Å². The molecule has 0 aliphatic heterocycles. The normalized spacial score (nSPS) is 16.7. The first-order valence-electron chi connectivity index (χ1n) is 7.86. The van der Waals surface area contributed by atoms with Gasteiger partial charge in [0.05, 0.1) is 16.8 Å². The Morgan fingerprint density at radius 1 is 1.41 bits per heavy atom. The van der Waals surface area contributed by atoms with Gasteiger partial charge in [-0.2, -0.15) is 4.99 Å². The van der Waals surface area contributed by atoms with Crippen LogP contribution in [0.15, 0.2) is 23.2 Å². The van der Waals surface area contributed by atoms with Crippen LogP contribution in [-0.4, -0.2) is 24.2 Å². The summed E-state index contributed by atoms with van der Waals surface area (Å²) in [5, 5.41) is 0. The van der Waals surface area contributed by atoms with E-state index >= 15 is 0 Å². The van der Waals surface area contributed by atoms with E-state index in [0.717, 1.165) is 42.5 Å². The largest absolute Gasteiger partial charge is 0.383 e. The lowest BCUT2D eigenvalue weighted by molar-refractivity contribution is -0.121. The molecular weight excluding hydrogens is 296 g/mol. The van der Waals surface area contributed by atoms with Gasteiger partial charge in [-0.1, -0.05) is 30.2 Å². The predicted octanol–water partition coefficient (Wildman–Crippen LogP) is 3.28. The van der Waals surface area contributed by atoms with E-state index < -0.39 is 0 Å². The standard InChI is InChI=1S/C17H22N2O2S/c1-12-7-8-14-15(11-12)22-17(19(14)9-10-21-2)18-16(20)13-5-3-4-6-13/h7-8,11,13H,3-6,9-10H2,1-2H3. The summed E-state index contributed by atoms with van der Waals surface area (Å²) in [6.07, 6.45) is 4.29. The lowest BCUT2D eigenvalue weighted by Gasteiger charge is -2.05. The SMILES string of the molecule is COCCn1c(=NC(=O)C2CCCC2)sc2cc(C)ccc21. The van der Waals surface area contributed by atoms with Crippen molar-refractivity contribution < 1.29 is 9.53 Å². The quantitative estimate of drug-likeness (QED) is 0.868. The fourth-order valence-electron chi connectivity index (χ4n) is 3.02. The van der Waals surface area contributed by atoms with Crippen LogP contribution in [0.4, 0.5) is 0 Å². The average Bonchev–Trinajstić information content (AvgIpc) is 3.12. The Kier molecular flexibility index (Phi) is 4.74. The fraction of sp³-hybridized carbons (Fsp3) is 0.529. The highest BCUT2D eigenvalue weighted by atomic mass is 32.1. The van der Waals surface area contributed by atoms with Gasteiger partial charge in [-0.25, -0.2) is 0 Å². The summed E-state index contributed by atoms with van der Waals surface area (Å²) in [4.78, 5) is 17.6. The van der Waals surface area contributed by atoms with E-state index in [-0.39, 0.29) is 11.8 Å². The topological polar surface area (TPSA) is 43.6 Å². The number of carbonyl (C=O) groups is 1. The van der Waals surface area contributed by atoms with Crippen molar-refractivity contribution in [3.63, 3.8) is 0 Å². The molecule has 2 aromatic rings. The zero-order valence-electron chi connectivity index (χ0n) is 13.2. The number of hydrogen-bond donors (Lipinski definition) is 0. The molecule has 118 valence electrons. The molecule has 4 nitrogen and oxygen atoms in total. The first-order chi connectivity index (χ1) is 10.7. The smallest absolute Gasteiger partial charge is 0.251 e. The van der Waals surface area contributed by atoms with Crippen molar-refractivity contribution in [3.05, 3.63) is 28.6 Å². The predicted molar refractivity (Wildman–Crippen MR) is 89.0 cm³/mol. The van der Waals surface area contributed by atoms with Crippen LogP contribution in [0.3, 0.4) is 0 Å². The number of thiazole rings is 1. The fourth-order valence-corrected chi connectivity index (χ4v) is 4.18. The molecule has 1 saturated carbocycles. The molecule has 1 aromatic carbocycles. The molecule has 0 N–H and O–H groups in total. The Hall–Kier alpha value is -1.46. The Balaban J connectivity index is 2.04. The second-order valence-corrected chi connectivity index (χ2v) is 6.94. The van der Waals surface area contributed by atoms with Crippen LogP contribution in [-0.2, 0) is 16.1 Å². The van der Waals surface area contributed by atoms with Gasteiger partial charge in [0.1, 0.15) is 0 Å². The summed E-state index contributed by atoms with van der Waals surface area (Å²) >= 11 is 1.60. The van der Waals surface area contributed by atoms with Gasteiger partial charge in [-0.15, -0.1) is 0 Å². The third-order valence-corrected chi connectivity index (χ3v) is 5.31. The number of carbonyl (C=O) groups excluding carboxylic acids is 1. The van der Waals surface area contributed by atoms with Crippen LogP contribution in [0, 0.1) is 12.8 Å². The molecule has 0 spiro atoms. The third-order valence-electron chi connectivity index (χ3n) is 4.27. The Bertz CT molecular complexity index is 739. The molecule has 0 bridgehead atoms. The molecule has 0 atom stereocenters. The van der Waals surface area contributed by atoms with Crippen molar-refractivity contribution >= 4 is 27.5 Å². The lowest BCUT2D eigenvalue weighted by atomic mass is 10.1. The van der Waals surface area contributed by atoms with E-state index in [4.69, 9.17) is 4.74 Å². The summed E-state index contributed by atoms with van der Waals surface area (Å²) in [6.45, 7) is 3.42. The van der Waals surface area contributed by atoms with Crippen molar-refractivity contribution in [3.8, 4) is 0 Å². The third kappa shape index (κ3) is 3.15. The minimum Gasteiger partial charge on any atom is -0.383 e. The van der Waals surface area contributed by atoms with E-state index in [1.54, 1.807) is 18.4 Å². The number of rotatable bonds is 4. The van der Waals surface area contributed by atoms with E-state index in [1.807, 2.05) is 0 Å². The molecule has 1 heterocycles. The molecular formula is C17H22N2O2S. The number of aryl methyl sites for hydroxylation is 1. The maximum atomic E-state index is 12.4. The number of benzene rings is 1. The van der Waals surface area contributed by atoms with Gasteiger partial charge in [-0.3, -0.25) is 4.79 Å². The Labute approximate surface area is 134 Å². The van der Waals surface area contributed by atoms with Crippen molar-refractivity contribution in [1.82, 2.24) is 4.57 Å². The molecule has 1 amide bonds. The maximum absolute atomic E-state index is 12.4. The second-order valence-electron chi connectivity index (χ2n) is 5.93. The van der Waals surface area contributed by atoms with Crippen molar-refractivity contribution in [2.24, 2.45) is 10.9 Å². The zero-order valence-corrected chi connectivity index (χ0v) is 14.0. The highest BCUT2D eigenvalue weighted by molar-refractivity contribution is 7.16. The van der Waals surface area contributed by atoms with Crippen LogP contribution in [0.2, 0.25) is 0 Å². The number of aromatic nitrogens is 1. The molecule has 1 aromatic heterocycles. The van der Waals surface area contributed by atoms with Crippen molar-refractivity contribution in [2.45, 2.75) is 39.2 Å².